The molecule has 0 N–H and O–H groups in total. The first-order valence-electron chi connectivity index (χ1n) is 13.2. The van der Waals surface area contributed by atoms with Gasteiger partial charge in [0.15, 0.2) is 16.8 Å². The lowest BCUT2D eigenvalue weighted by Crippen LogP contribution is -2.16. The average Bonchev–Trinajstić information content (AvgIpc) is 3.48. The first-order valence-corrected chi connectivity index (χ1v) is 14.2. The summed E-state index contributed by atoms with van der Waals surface area (Å²) in [6.07, 6.45) is 6.18. The Balaban J connectivity index is 1.33. The molecule has 0 spiro atoms. The van der Waals surface area contributed by atoms with Crippen molar-refractivity contribution < 1.29 is 13.6 Å². The molecular formula is C30H32F2N4OS. The minimum absolute atomic E-state index is 0.0294. The smallest absolute Gasteiger partial charge is 0.192 e. The summed E-state index contributed by atoms with van der Waals surface area (Å²) in [7, 11) is 0. The Hall–Kier alpha value is -3.26. The molecule has 0 unspecified atom stereocenters. The summed E-state index contributed by atoms with van der Waals surface area (Å²) in [4.78, 5) is 13.3. The number of hydrogen-bond donors (Lipinski definition) is 0. The molecule has 1 aliphatic carbocycles. The highest BCUT2D eigenvalue weighted by Crippen LogP contribution is 2.36. The van der Waals surface area contributed by atoms with Crippen molar-refractivity contribution in [3.8, 4) is 11.4 Å². The van der Waals surface area contributed by atoms with Crippen LogP contribution < -0.4 is 0 Å². The Bertz CT molecular complexity index is 1420. The number of carbonyl (C=O) groups is 1. The number of halogens is 2. The van der Waals surface area contributed by atoms with Gasteiger partial charge in [0, 0.05) is 29.5 Å². The Morgan fingerprint density at radius 1 is 1.00 bits per heavy atom. The molecule has 5 nitrogen and oxygen atoms in total. The van der Waals surface area contributed by atoms with Crippen LogP contribution in [0.5, 0.6) is 0 Å². The van der Waals surface area contributed by atoms with Gasteiger partial charge in [0.05, 0.1) is 11.3 Å². The van der Waals surface area contributed by atoms with Gasteiger partial charge in [0.25, 0.3) is 0 Å². The van der Waals surface area contributed by atoms with Crippen molar-refractivity contribution >= 4 is 17.5 Å². The quantitative estimate of drug-likeness (QED) is 0.166. The van der Waals surface area contributed by atoms with Crippen molar-refractivity contribution in [2.24, 2.45) is 0 Å². The second-order valence-corrected chi connectivity index (χ2v) is 10.9. The van der Waals surface area contributed by atoms with Crippen LogP contribution in [0.1, 0.15) is 65.5 Å². The number of carbonyl (C=O) groups excluding carboxylic acids is 1. The number of benzene rings is 2. The molecule has 0 amide bonds. The maximum atomic E-state index is 14.7. The minimum atomic E-state index is -0.322. The zero-order valence-corrected chi connectivity index (χ0v) is 22.6. The molecule has 0 radical (unpaired) electrons. The second kappa shape index (κ2) is 11.6. The third kappa shape index (κ3) is 5.60. The Morgan fingerprint density at radius 2 is 1.74 bits per heavy atom. The summed E-state index contributed by atoms with van der Waals surface area (Å²) < 4.78 is 32.1. The van der Waals surface area contributed by atoms with Crippen LogP contribution in [0.4, 0.5) is 8.78 Å². The van der Waals surface area contributed by atoms with Crippen LogP contribution >= 0.6 is 11.8 Å². The van der Waals surface area contributed by atoms with E-state index >= 15 is 0 Å². The van der Waals surface area contributed by atoms with Gasteiger partial charge in [-0.15, -0.1) is 10.2 Å². The maximum Gasteiger partial charge on any atom is 0.192 e. The van der Waals surface area contributed by atoms with Gasteiger partial charge >= 0.3 is 0 Å². The van der Waals surface area contributed by atoms with Crippen molar-refractivity contribution in [3.05, 3.63) is 88.7 Å². The second-order valence-electron chi connectivity index (χ2n) is 9.97. The van der Waals surface area contributed by atoms with Gasteiger partial charge in [-0.2, -0.15) is 0 Å². The highest BCUT2D eigenvalue weighted by Gasteiger charge is 2.26. The van der Waals surface area contributed by atoms with E-state index in [-0.39, 0.29) is 29.2 Å². The Morgan fingerprint density at radius 3 is 2.47 bits per heavy atom. The molecule has 5 rings (SSSR count). The largest absolute Gasteiger partial charge is 0.348 e. The number of ketones is 1. The number of thioether (sulfide) groups is 1. The zero-order chi connectivity index (χ0) is 26.6. The average molecular weight is 535 g/mol. The van der Waals surface area contributed by atoms with E-state index in [9.17, 15) is 13.6 Å². The fourth-order valence-corrected chi connectivity index (χ4v) is 6.29. The monoisotopic (exact) mass is 534 g/mol. The lowest BCUT2D eigenvalue weighted by atomic mass is 9.95. The van der Waals surface area contributed by atoms with E-state index in [2.05, 4.69) is 19.3 Å². The maximum absolute atomic E-state index is 14.7. The van der Waals surface area contributed by atoms with Crippen molar-refractivity contribution in [3.63, 3.8) is 0 Å². The molecule has 4 aromatic rings. The highest BCUT2D eigenvalue weighted by molar-refractivity contribution is 7.99. The fraction of sp³-hybridized carbons (Fsp3) is 0.367. The number of aryl methyl sites for hydroxylation is 2. The molecule has 0 bridgehead atoms. The van der Waals surface area contributed by atoms with E-state index in [4.69, 9.17) is 0 Å². The summed E-state index contributed by atoms with van der Waals surface area (Å²) in [6, 6.07) is 15.3. The van der Waals surface area contributed by atoms with Crippen LogP contribution in [0.2, 0.25) is 0 Å². The molecule has 2 aromatic heterocycles. The molecule has 38 heavy (non-hydrogen) atoms. The van der Waals surface area contributed by atoms with Gasteiger partial charge < -0.3 is 4.57 Å². The number of rotatable bonds is 9. The van der Waals surface area contributed by atoms with E-state index in [0.717, 1.165) is 49.1 Å². The van der Waals surface area contributed by atoms with E-state index in [0.29, 0.717) is 28.7 Å². The molecule has 2 heterocycles. The minimum Gasteiger partial charge on any atom is -0.348 e. The summed E-state index contributed by atoms with van der Waals surface area (Å²) in [5, 5.41) is 9.46. The molecule has 1 saturated carbocycles. The predicted octanol–water partition coefficient (Wildman–Crippen LogP) is 7.36. The fourth-order valence-electron chi connectivity index (χ4n) is 5.40. The van der Waals surface area contributed by atoms with Crippen molar-refractivity contribution in [2.45, 2.75) is 70.1 Å². The standard InChI is InChI=1S/C30H32F2N4OS/c1-20-18-26(21(2)35(20)17-16-22-12-14-23(31)15-13-22)28(37)19-38-30-34-33-29(25-10-6-7-11-27(25)32)36(30)24-8-4-3-5-9-24/h6-7,10-15,18,24H,3-5,8-9,16-17,19H2,1-2H3. The first-order chi connectivity index (χ1) is 18.4. The van der Waals surface area contributed by atoms with Crippen LogP contribution in [0.15, 0.2) is 59.8 Å². The number of Topliss-reactive ketones (excluding diaryl/α,β-unsaturated/α-hetero) is 1. The zero-order valence-electron chi connectivity index (χ0n) is 21.8. The van der Waals surface area contributed by atoms with E-state index in [1.165, 1.54) is 36.4 Å². The number of aromatic nitrogens is 4. The molecule has 1 aliphatic rings. The van der Waals surface area contributed by atoms with Gasteiger partial charge in [-0.25, -0.2) is 8.78 Å². The molecule has 1 fully saturated rings. The van der Waals surface area contributed by atoms with Gasteiger partial charge in [-0.3, -0.25) is 9.36 Å². The van der Waals surface area contributed by atoms with Gasteiger partial charge in [-0.1, -0.05) is 55.3 Å². The lowest BCUT2D eigenvalue weighted by Gasteiger charge is -2.25. The molecule has 2 aromatic carbocycles. The summed E-state index contributed by atoms with van der Waals surface area (Å²) in [6.45, 7) is 4.68. The highest BCUT2D eigenvalue weighted by atomic mass is 32.2. The molecule has 0 aliphatic heterocycles. The van der Waals surface area contributed by atoms with Crippen LogP contribution in [-0.4, -0.2) is 30.9 Å². The molecule has 0 atom stereocenters. The number of nitrogens with zero attached hydrogens (tertiary/aromatic N) is 4. The normalized spacial score (nSPS) is 14.2. The predicted molar refractivity (Wildman–Crippen MR) is 147 cm³/mol. The first kappa shape index (κ1) is 26.4. The third-order valence-corrected chi connectivity index (χ3v) is 8.41. The topological polar surface area (TPSA) is 52.7 Å². The summed E-state index contributed by atoms with van der Waals surface area (Å²) in [5.74, 6) is 0.223. The lowest BCUT2D eigenvalue weighted by molar-refractivity contribution is 0.102. The van der Waals surface area contributed by atoms with Crippen LogP contribution in [0.3, 0.4) is 0 Å². The van der Waals surface area contributed by atoms with Crippen molar-refractivity contribution in [1.82, 2.24) is 19.3 Å². The van der Waals surface area contributed by atoms with Crippen molar-refractivity contribution in [1.29, 1.82) is 0 Å². The summed E-state index contributed by atoms with van der Waals surface area (Å²) >= 11 is 1.37. The van der Waals surface area contributed by atoms with Crippen LogP contribution in [-0.2, 0) is 13.0 Å². The van der Waals surface area contributed by atoms with Crippen molar-refractivity contribution in [2.75, 3.05) is 5.75 Å². The van der Waals surface area contributed by atoms with E-state index in [1.54, 1.807) is 30.3 Å². The van der Waals surface area contributed by atoms with Crippen LogP contribution in [0, 0.1) is 25.5 Å². The third-order valence-electron chi connectivity index (χ3n) is 7.46. The Labute approximate surface area is 226 Å². The van der Waals surface area contributed by atoms with E-state index < -0.39 is 0 Å². The molecule has 8 heteroatoms. The Kier molecular flexibility index (Phi) is 8.07. The number of hydrogen-bond acceptors (Lipinski definition) is 4. The molecule has 0 saturated heterocycles. The van der Waals surface area contributed by atoms with E-state index in [1.807, 2.05) is 19.9 Å². The molecular weight excluding hydrogens is 502 g/mol. The van der Waals surface area contributed by atoms with Gasteiger partial charge in [-0.05, 0) is 69.0 Å². The van der Waals surface area contributed by atoms with Gasteiger partial charge in [0.1, 0.15) is 11.6 Å². The van der Waals surface area contributed by atoms with Gasteiger partial charge in [0.2, 0.25) is 0 Å². The summed E-state index contributed by atoms with van der Waals surface area (Å²) in [5.41, 5.74) is 4.14. The SMILES string of the molecule is Cc1cc(C(=O)CSc2nnc(-c3ccccc3F)n2C2CCCCC2)c(C)n1CCc1ccc(F)cc1. The van der Waals surface area contributed by atoms with Crippen LogP contribution in [0.25, 0.3) is 11.4 Å². The molecule has 198 valence electrons.